The Morgan fingerprint density at radius 2 is 1.91 bits per heavy atom. The standard InChI is InChI=1S/C15H16BrN5O/c16-12-3-1-2-4-13(12)18-14-5-6-17-15(19-14)21-9-7-20(11-22)8-10-21/h1-6,11H,7-10H2,(H,17,18,19). The number of piperazine rings is 1. The molecule has 7 heteroatoms. The zero-order chi connectivity index (χ0) is 15.4. The van der Waals surface area contributed by atoms with Gasteiger partial charge in [-0.25, -0.2) is 4.98 Å². The highest BCUT2D eigenvalue weighted by atomic mass is 79.9. The molecule has 1 aliphatic rings. The van der Waals surface area contributed by atoms with Crippen LogP contribution in [0.3, 0.4) is 0 Å². The van der Waals surface area contributed by atoms with Gasteiger partial charge >= 0.3 is 0 Å². The van der Waals surface area contributed by atoms with Crippen molar-refractivity contribution in [1.82, 2.24) is 14.9 Å². The number of carbonyl (C=O) groups excluding carboxylic acids is 1. The van der Waals surface area contributed by atoms with Crippen LogP contribution < -0.4 is 10.2 Å². The van der Waals surface area contributed by atoms with E-state index < -0.39 is 0 Å². The van der Waals surface area contributed by atoms with Gasteiger partial charge in [-0.3, -0.25) is 4.79 Å². The molecule has 1 aromatic carbocycles. The number of benzene rings is 1. The number of rotatable bonds is 4. The van der Waals surface area contributed by atoms with Crippen LogP contribution in [0.25, 0.3) is 0 Å². The van der Waals surface area contributed by atoms with E-state index in [9.17, 15) is 4.79 Å². The summed E-state index contributed by atoms with van der Waals surface area (Å²) in [7, 11) is 0. The van der Waals surface area contributed by atoms with Crippen LogP contribution in [0.2, 0.25) is 0 Å². The van der Waals surface area contributed by atoms with Gasteiger partial charge in [0.25, 0.3) is 0 Å². The Kier molecular flexibility index (Phi) is 4.53. The second-order valence-electron chi connectivity index (χ2n) is 4.98. The van der Waals surface area contributed by atoms with Crippen molar-refractivity contribution in [3.8, 4) is 0 Å². The van der Waals surface area contributed by atoms with Crippen LogP contribution in [0.4, 0.5) is 17.5 Å². The Hall–Kier alpha value is -2.15. The lowest BCUT2D eigenvalue weighted by Gasteiger charge is -2.32. The zero-order valence-electron chi connectivity index (χ0n) is 11.9. The predicted molar refractivity (Wildman–Crippen MR) is 89.3 cm³/mol. The molecule has 0 radical (unpaired) electrons. The first kappa shape index (κ1) is 14.8. The third kappa shape index (κ3) is 3.36. The lowest BCUT2D eigenvalue weighted by atomic mass is 10.3. The fraction of sp³-hybridized carbons (Fsp3) is 0.267. The first-order valence-electron chi connectivity index (χ1n) is 7.05. The number of nitrogens with one attached hydrogen (secondary N) is 1. The summed E-state index contributed by atoms with van der Waals surface area (Å²) in [6, 6.07) is 9.73. The first-order chi connectivity index (χ1) is 10.8. The summed E-state index contributed by atoms with van der Waals surface area (Å²) in [6.07, 6.45) is 2.64. The van der Waals surface area contributed by atoms with Crippen molar-refractivity contribution in [2.75, 3.05) is 36.4 Å². The molecular weight excluding hydrogens is 346 g/mol. The molecular formula is C15H16BrN5O. The summed E-state index contributed by atoms with van der Waals surface area (Å²) >= 11 is 3.51. The topological polar surface area (TPSA) is 61.4 Å². The summed E-state index contributed by atoms with van der Waals surface area (Å²) < 4.78 is 0.981. The third-order valence-electron chi connectivity index (χ3n) is 3.53. The van der Waals surface area contributed by atoms with Gasteiger partial charge in [-0.2, -0.15) is 4.98 Å². The number of nitrogens with zero attached hydrogens (tertiary/aromatic N) is 4. The normalized spacial score (nSPS) is 14.8. The van der Waals surface area contributed by atoms with Gasteiger partial charge in [-0.15, -0.1) is 0 Å². The lowest BCUT2D eigenvalue weighted by molar-refractivity contribution is -0.118. The van der Waals surface area contributed by atoms with Crippen LogP contribution in [0.1, 0.15) is 0 Å². The molecule has 2 aromatic rings. The number of carbonyl (C=O) groups is 1. The van der Waals surface area contributed by atoms with Crippen molar-refractivity contribution < 1.29 is 4.79 Å². The van der Waals surface area contributed by atoms with Gasteiger partial charge in [0.1, 0.15) is 5.82 Å². The molecule has 2 heterocycles. The number of aromatic nitrogens is 2. The van der Waals surface area contributed by atoms with Crippen molar-refractivity contribution >= 4 is 39.8 Å². The van der Waals surface area contributed by atoms with E-state index >= 15 is 0 Å². The zero-order valence-corrected chi connectivity index (χ0v) is 13.5. The van der Waals surface area contributed by atoms with Gasteiger partial charge in [-0.1, -0.05) is 12.1 Å². The van der Waals surface area contributed by atoms with Gasteiger partial charge < -0.3 is 15.1 Å². The van der Waals surface area contributed by atoms with E-state index in [1.54, 1.807) is 11.1 Å². The van der Waals surface area contributed by atoms with Crippen molar-refractivity contribution in [1.29, 1.82) is 0 Å². The molecule has 0 bridgehead atoms. The van der Waals surface area contributed by atoms with Crippen LogP contribution in [-0.2, 0) is 4.79 Å². The first-order valence-corrected chi connectivity index (χ1v) is 7.84. The van der Waals surface area contributed by atoms with E-state index in [2.05, 4.69) is 36.1 Å². The van der Waals surface area contributed by atoms with E-state index in [0.717, 1.165) is 35.5 Å². The maximum atomic E-state index is 10.8. The minimum absolute atomic E-state index is 0.683. The molecule has 1 fully saturated rings. The molecule has 0 aliphatic carbocycles. The van der Waals surface area contributed by atoms with Gasteiger partial charge in [0.05, 0.1) is 5.69 Å². The van der Waals surface area contributed by atoms with Gasteiger partial charge in [-0.05, 0) is 34.1 Å². The van der Waals surface area contributed by atoms with Crippen molar-refractivity contribution in [2.24, 2.45) is 0 Å². The molecule has 6 nitrogen and oxygen atoms in total. The van der Waals surface area contributed by atoms with Gasteiger partial charge in [0, 0.05) is 36.8 Å². The van der Waals surface area contributed by atoms with Crippen LogP contribution >= 0.6 is 15.9 Å². The number of hydrogen-bond acceptors (Lipinski definition) is 5. The highest BCUT2D eigenvalue weighted by Crippen LogP contribution is 2.25. The molecule has 3 rings (SSSR count). The Morgan fingerprint density at radius 1 is 1.14 bits per heavy atom. The van der Waals surface area contributed by atoms with Crippen LogP contribution in [0, 0.1) is 0 Å². The van der Waals surface area contributed by atoms with E-state index in [0.29, 0.717) is 19.0 Å². The van der Waals surface area contributed by atoms with Gasteiger partial charge in [0.2, 0.25) is 12.4 Å². The average Bonchev–Trinajstić information content (AvgIpc) is 2.57. The largest absolute Gasteiger partial charge is 0.342 e. The Labute approximate surface area is 137 Å². The number of para-hydroxylation sites is 1. The Balaban J connectivity index is 1.73. The predicted octanol–water partition coefficient (Wildman–Crippen LogP) is 2.26. The van der Waals surface area contributed by atoms with Crippen molar-refractivity contribution in [2.45, 2.75) is 0 Å². The Bertz CT molecular complexity index is 658. The van der Waals surface area contributed by atoms with E-state index in [-0.39, 0.29) is 0 Å². The molecule has 0 unspecified atom stereocenters. The van der Waals surface area contributed by atoms with E-state index in [1.165, 1.54) is 0 Å². The Morgan fingerprint density at radius 3 is 2.64 bits per heavy atom. The maximum Gasteiger partial charge on any atom is 0.227 e. The van der Waals surface area contributed by atoms with E-state index in [4.69, 9.17) is 0 Å². The lowest BCUT2D eigenvalue weighted by Crippen LogP contribution is -2.46. The number of hydrogen-bond donors (Lipinski definition) is 1. The second-order valence-corrected chi connectivity index (χ2v) is 5.83. The molecule has 1 aromatic heterocycles. The molecule has 114 valence electrons. The molecule has 1 amide bonds. The van der Waals surface area contributed by atoms with Crippen molar-refractivity contribution in [3.05, 3.63) is 41.0 Å². The molecule has 0 atom stereocenters. The number of amides is 1. The number of anilines is 3. The molecule has 1 N–H and O–H groups in total. The summed E-state index contributed by atoms with van der Waals surface area (Å²) in [5.74, 6) is 1.43. The maximum absolute atomic E-state index is 10.8. The monoisotopic (exact) mass is 361 g/mol. The quantitative estimate of drug-likeness (QED) is 0.846. The molecule has 0 spiro atoms. The minimum Gasteiger partial charge on any atom is -0.342 e. The molecule has 22 heavy (non-hydrogen) atoms. The van der Waals surface area contributed by atoms with Crippen LogP contribution in [-0.4, -0.2) is 47.5 Å². The molecule has 0 saturated carbocycles. The fourth-order valence-corrected chi connectivity index (χ4v) is 2.68. The third-order valence-corrected chi connectivity index (χ3v) is 4.22. The fourth-order valence-electron chi connectivity index (χ4n) is 2.30. The SMILES string of the molecule is O=CN1CCN(c2nccc(Nc3ccccc3Br)n2)CC1. The van der Waals surface area contributed by atoms with Crippen molar-refractivity contribution in [3.63, 3.8) is 0 Å². The smallest absolute Gasteiger partial charge is 0.227 e. The highest BCUT2D eigenvalue weighted by molar-refractivity contribution is 9.10. The van der Waals surface area contributed by atoms with Crippen LogP contribution in [0.15, 0.2) is 41.0 Å². The molecule has 1 saturated heterocycles. The second kappa shape index (κ2) is 6.74. The summed E-state index contributed by atoms with van der Waals surface area (Å²) in [4.78, 5) is 23.5. The molecule has 1 aliphatic heterocycles. The minimum atomic E-state index is 0.683. The van der Waals surface area contributed by atoms with Gasteiger partial charge in [0.15, 0.2) is 0 Å². The summed E-state index contributed by atoms with van der Waals surface area (Å²) in [5, 5.41) is 3.28. The number of halogens is 1. The highest BCUT2D eigenvalue weighted by Gasteiger charge is 2.17. The summed E-state index contributed by atoms with van der Waals surface area (Å²) in [5.41, 5.74) is 0.956. The summed E-state index contributed by atoms with van der Waals surface area (Å²) in [6.45, 7) is 2.90. The van der Waals surface area contributed by atoms with Crippen LogP contribution in [0.5, 0.6) is 0 Å². The van der Waals surface area contributed by atoms with E-state index in [1.807, 2.05) is 30.3 Å². The average molecular weight is 362 g/mol.